The van der Waals surface area contributed by atoms with Crippen LogP contribution in [0.5, 0.6) is 0 Å². The van der Waals surface area contributed by atoms with Crippen LogP contribution in [0.3, 0.4) is 0 Å². The third-order valence-corrected chi connectivity index (χ3v) is 2.18. The Balaban J connectivity index is 2.15. The number of aromatic nitrogens is 3. The predicted octanol–water partition coefficient (Wildman–Crippen LogP) is 2.66. The zero-order valence-electron chi connectivity index (χ0n) is 9.38. The fourth-order valence-corrected chi connectivity index (χ4v) is 1.25. The van der Waals surface area contributed by atoms with Crippen molar-refractivity contribution in [2.75, 3.05) is 0 Å². The highest BCUT2D eigenvalue weighted by molar-refractivity contribution is 5.67. The summed E-state index contributed by atoms with van der Waals surface area (Å²) < 4.78 is 0. The van der Waals surface area contributed by atoms with E-state index in [9.17, 15) is 0 Å². The van der Waals surface area contributed by atoms with Crippen molar-refractivity contribution >= 4 is 12.2 Å². The molecule has 80 valence electrons. The summed E-state index contributed by atoms with van der Waals surface area (Å²) in [5, 5.41) is 0. The van der Waals surface area contributed by atoms with Gasteiger partial charge in [0.05, 0.1) is 5.69 Å². The van der Waals surface area contributed by atoms with Gasteiger partial charge >= 0.3 is 0 Å². The summed E-state index contributed by atoms with van der Waals surface area (Å²) >= 11 is 0. The molecule has 2 aromatic rings. The molecule has 16 heavy (non-hydrogen) atoms. The summed E-state index contributed by atoms with van der Waals surface area (Å²) in [6.45, 7) is 3.89. The molecule has 0 aromatic carbocycles. The first-order chi connectivity index (χ1) is 7.74. The van der Waals surface area contributed by atoms with Crippen LogP contribution in [0, 0.1) is 13.8 Å². The van der Waals surface area contributed by atoms with Gasteiger partial charge in [-0.15, -0.1) is 0 Å². The average Bonchev–Trinajstić information content (AvgIpc) is 2.30. The van der Waals surface area contributed by atoms with Crippen LogP contribution in [0.1, 0.15) is 22.6 Å². The maximum Gasteiger partial charge on any atom is 0.125 e. The van der Waals surface area contributed by atoms with Gasteiger partial charge in [0.15, 0.2) is 0 Å². The van der Waals surface area contributed by atoms with Crippen LogP contribution in [0.15, 0.2) is 30.7 Å². The SMILES string of the molecule is Cc1ccc(C=Cc2cnc(C)nc2)nc1. The maximum atomic E-state index is 4.28. The Morgan fingerprint density at radius 2 is 1.62 bits per heavy atom. The molecule has 0 atom stereocenters. The van der Waals surface area contributed by atoms with E-state index in [-0.39, 0.29) is 0 Å². The first kappa shape index (κ1) is 10.5. The molecule has 3 nitrogen and oxygen atoms in total. The van der Waals surface area contributed by atoms with Gasteiger partial charge in [-0.2, -0.15) is 0 Å². The van der Waals surface area contributed by atoms with E-state index in [4.69, 9.17) is 0 Å². The van der Waals surface area contributed by atoms with Gasteiger partial charge in [-0.1, -0.05) is 6.07 Å². The maximum absolute atomic E-state index is 4.28. The Hall–Kier alpha value is -2.03. The molecule has 0 aliphatic carbocycles. The Morgan fingerprint density at radius 1 is 0.875 bits per heavy atom. The lowest BCUT2D eigenvalue weighted by Crippen LogP contribution is -1.86. The quantitative estimate of drug-likeness (QED) is 0.766. The highest BCUT2D eigenvalue weighted by atomic mass is 14.8. The molecule has 0 amide bonds. The van der Waals surface area contributed by atoms with E-state index in [0.29, 0.717) is 0 Å². The lowest BCUT2D eigenvalue weighted by molar-refractivity contribution is 1.05. The second kappa shape index (κ2) is 4.66. The smallest absolute Gasteiger partial charge is 0.125 e. The summed E-state index contributed by atoms with van der Waals surface area (Å²) in [6.07, 6.45) is 9.36. The monoisotopic (exact) mass is 211 g/mol. The van der Waals surface area contributed by atoms with E-state index in [2.05, 4.69) is 15.0 Å². The largest absolute Gasteiger partial charge is 0.257 e. The molecule has 0 bridgehead atoms. The summed E-state index contributed by atoms with van der Waals surface area (Å²) in [4.78, 5) is 12.5. The topological polar surface area (TPSA) is 38.7 Å². The number of aryl methyl sites for hydroxylation is 2. The molecule has 0 spiro atoms. The van der Waals surface area contributed by atoms with Crippen molar-refractivity contribution in [1.82, 2.24) is 15.0 Å². The number of nitrogens with zero attached hydrogens (tertiary/aromatic N) is 3. The van der Waals surface area contributed by atoms with Crippen LogP contribution in [-0.4, -0.2) is 15.0 Å². The third kappa shape index (κ3) is 2.73. The van der Waals surface area contributed by atoms with E-state index in [1.807, 2.05) is 44.3 Å². The molecule has 2 rings (SSSR count). The van der Waals surface area contributed by atoms with Crippen LogP contribution in [0.4, 0.5) is 0 Å². The minimum absolute atomic E-state index is 0.783. The molecule has 0 saturated heterocycles. The summed E-state index contributed by atoms with van der Waals surface area (Å²) in [7, 11) is 0. The van der Waals surface area contributed by atoms with Crippen molar-refractivity contribution in [3.8, 4) is 0 Å². The van der Waals surface area contributed by atoms with Crippen molar-refractivity contribution in [1.29, 1.82) is 0 Å². The van der Waals surface area contributed by atoms with Crippen LogP contribution < -0.4 is 0 Å². The molecule has 0 fully saturated rings. The second-order valence-corrected chi connectivity index (χ2v) is 3.66. The summed E-state index contributed by atoms with van der Waals surface area (Å²) in [6, 6.07) is 4.03. The van der Waals surface area contributed by atoms with Gasteiger partial charge in [-0.05, 0) is 37.6 Å². The molecule has 0 saturated carbocycles. The molecule has 3 heteroatoms. The molecule has 0 radical (unpaired) electrons. The number of pyridine rings is 1. The predicted molar refractivity (Wildman–Crippen MR) is 64.7 cm³/mol. The van der Waals surface area contributed by atoms with Crippen molar-refractivity contribution in [3.63, 3.8) is 0 Å². The molecule has 0 N–H and O–H groups in total. The average molecular weight is 211 g/mol. The zero-order chi connectivity index (χ0) is 11.4. The molecule has 0 aliphatic rings. The lowest BCUT2D eigenvalue weighted by Gasteiger charge is -1.95. The van der Waals surface area contributed by atoms with Gasteiger partial charge in [0.1, 0.15) is 5.82 Å². The van der Waals surface area contributed by atoms with Gasteiger partial charge in [-0.3, -0.25) is 4.98 Å². The number of rotatable bonds is 2. The molecular weight excluding hydrogens is 198 g/mol. The van der Waals surface area contributed by atoms with Crippen molar-refractivity contribution in [3.05, 3.63) is 53.4 Å². The molecule has 0 aliphatic heterocycles. The lowest BCUT2D eigenvalue weighted by atomic mass is 10.2. The molecule has 0 unspecified atom stereocenters. The van der Waals surface area contributed by atoms with Gasteiger partial charge in [0, 0.05) is 24.2 Å². The Labute approximate surface area is 94.9 Å². The Bertz CT molecular complexity index is 436. The van der Waals surface area contributed by atoms with E-state index in [1.165, 1.54) is 0 Å². The fraction of sp³-hybridized carbons (Fsp3) is 0.154. The third-order valence-electron chi connectivity index (χ3n) is 2.18. The van der Waals surface area contributed by atoms with E-state index >= 15 is 0 Å². The van der Waals surface area contributed by atoms with Crippen LogP contribution in [0.25, 0.3) is 12.2 Å². The summed E-state index contributed by atoms with van der Waals surface area (Å²) in [5.41, 5.74) is 3.08. The van der Waals surface area contributed by atoms with E-state index in [1.54, 1.807) is 12.4 Å². The number of hydrogen-bond donors (Lipinski definition) is 0. The molecule has 2 heterocycles. The fourth-order valence-electron chi connectivity index (χ4n) is 1.25. The Kier molecular flexibility index (Phi) is 3.05. The Morgan fingerprint density at radius 3 is 2.25 bits per heavy atom. The van der Waals surface area contributed by atoms with Crippen molar-refractivity contribution in [2.24, 2.45) is 0 Å². The standard InChI is InChI=1S/C13H13N3/c1-10-3-5-13(16-7-10)6-4-12-8-14-11(2)15-9-12/h3-9H,1-2H3. The van der Waals surface area contributed by atoms with Gasteiger partial charge < -0.3 is 0 Å². The minimum Gasteiger partial charge on any atom is -0.257 e. The van der Waals surface area contributed by atoms with Crippen molar-refractivity contribution < 1.29 is 0 Å². The van der Waals surface area contributed by atoms with Crippen LogP contribution >= 0.6 is 0 Å². The second-order valence-electron chi connectivity index (χ2n) is 3.66. The van der Waals surface area contributed by atoms with Crippen molar-refractivity contribution in [2.45, 2.75) is 13.8 Å². The summed E-state index contributed by atoms with van der Waals surface area (Å²) in [5.74, 6) is 0.783. The molecular formula is C13H13N3. The highest BCUT2D eigenvalue weighted by Crippen LogP contribution is 2.05. The highest BCUT2D eigenvalue weighted by Gasteiger charge is 1.90. The first-order valence-electron chi connectivity index (χ1n) is 5.13. The zero-order valence-corrected chi connectivity index (χ0v) is 9.38. The normalized spacial score (nSPS) is 10.9. The first-order valence-corrected chi connectivity index (χ1v) is 5.13. The molecule has 2 aromatic heterocycles. The van der Waals surface area contributed by atoms with Gasteiger partial charge in [0.2, 0.25) is 0 Å². The number of hydrogen-bond acceptors (Lipinski definition) is 3. The van der Waals surface area contributed by atoms with E-state index in [0.717, 1.165) is 22.6 Å². The van der Waals surface area contributed by atoms with Crippen LogP contribution in [0.2, 0.25) is 0 Å². The van der Waals surface area contributed by atoms with Gasteiger partial charge in [-0.25, -0.2) is 9.97 Å². The van der Waals surface area contributed by atoms with Gasteiger partial charge in [0.25, 0.3) is 0 Å². The minimum atomic E-state index is 0.783. The van der Waals surface area contributed by atoms with E-state index < -0.39 is 0 Å². The van der Waals surface area contributed by atoms with Crippen LogP contribution in [-0.2, 0) is 0 Å².